The van der Waals surface area contributed by atoms with E-state index in [1.165, 1.54) is 6.42 Å². The molecule has 5 heteroatoms. The third-order valence-corrected chi connectivity index (χ3v) is 6.82. The Labute approximate surface area is 165 Å². The molecule has 0 bridgehead atoms. The zero-order valence-corrected chi connectivity index (χ0v) is 18.4. The van der Waals surface area contributed by atoms with Crippen molar-refractivity contribution in [3.63, 3.8) is 0 Å². The van der Waals surface area contributed by atoms with Crippen LogP contribution in [0.3, 0.4) is 0 Å². The van der Waals surface area contributed by atoms with E-state index in [0.29, 0.717) is 18.4 Å². The van der Waals surface area contributed by atoms with Gasteiger partial charge in [0.15, 0.2) is 0 Å². The first-order chi connectivity index (χ1) is 12.5. The number of amides is 2. The molecular formula is C22H40N2O3. The Kier molecular flexibility index (Phi) is 6.99. The Hall–Kier alpha value is -1.10. The van der Waals surface area contributed by atoms with Crippen LogP contribution in [0.1, 0.15) is 80.6 Å². The lowest BCUT2D eigenvalue weighted by Gasteiger charge is -2.50. The summed E-state index contributed by atoms with van der Waals surface area (Å²) in [6, 6.07) is -0.498. The first-order valence-electron chi connectivity index (χ1n) is 10.7. The molecule has 0 aromatic heterocycles. The summed E-state index contributed by atoms with van der Waals surface area (Å²) >= 11 is 0. The highest BCUT2D eigenvalue weighted by molar-refractivity contribution is 5.85. The van der Waals surface area contributed by atoms with Gasteiger partial charge < -0.3 is 15.0 Å². The van der Waals surface area contributed by atoms with Gasteiger partial charge in [0.05, 0.1) is 6.61 Å². The van der Waals surface area contributed by atoms with Gasteiger partial charge in [0.2, 0.25) is 12.3 Å². The van der Waals surface area contributed by atoms with Crippen LogP contribution in [0, 0.1) is 23.2 Å². The smallest absolute Gasteiger partial charge is 0.243 e. The number of hydrogen-bond acceptors (Lipinski definition) is 3. The van der Waals surface area contributed by atoms with Crippen molar-refractivity contribution < 1.29 is 14.3 Å². The Morgan fingerprint density at radius 1 is 1.15 bits per heavy atom. The third-order valence-electron chi connectivity index (χ3n) is 6.82. The van der Waals surface area contributed by atoms with Crippen molar-refractivity contribution in [3.8, 4) is 0 Å². The summed E-state index contributed by atoms with van der Waals surface area (Å²) in [6.07, 6.45) is 5.86. The third kappa shape index (κ3) is 5.04. The lowest BCUT2D eigenvalue weighted by Crippen LogP contribution is -2.63. The summed E-state index contributed by atoms with van der Waals surface area (Å²) in [5, 5.41) is 3.14. The van der Waals surface area contributed by atoms with E-state index < -0.39 is 6.04 Å². The van der Waals surface area contributed by atoms with Crippen molar-refractivity contribution in [2.24, 2.45) is 23.2 Å². The number of ether oxygens (including phenoxy) is 1. The topological polar surface area (TPSA) is 58.6 Å². The molecule has 2 amide bonds. The molecule has 0 radical (unpaired) electrons. The minimum Gasteiger partial charge on any atom is -0.358 e. The van der Waals surface area contributed by atoms with Crippen molar-refractivity contribution in [3.05, 3.63) is 0 Å². The second-order valence-corrected chi connectivity index (χ2v) is 10.3. The summed E-state index contributed by atoms with van der Waals surface area (Å²) in [5.41, 5.74) is -0.556. The average Bonchev–Trinajstić information content (AvgIpc) is 2.57. The molecule has 156 valence electrons. The van der Waals surface area contributed by atoms with Gasteiger partial charge in [-0.3, -0.25) is 9.59 Å². The minimum absolute atomic E-state index is 0.0546. The number of carbonyl (C=O) groups is 2. The molecule has 27 heavy (non-hydrogen) atoms. The molecule has 2 fully saturated rings. The molecule has 0 aromatic carbocycles. The van der Waals surface area contributed by atoms with Gasteiger partial charge in [-0.1, -0.05) is 47.0 Å². The Morgan fingerprint density at radius 2 is 1.74 bits per heavy atom. The average molecular weight is 381 g/mol. The van der Waals surface area contributed by atoms with Gasteiger partial charge in [-0.2, -0.15) is 0 Å². The van der Waals surface area contributed by atoms with Crippen molar-refractivity contribution in [1.82, 2.24) is 10.2 Å². The highest BCUT2D eigenvalue weighted by atomic mass is 16.5. The molecular weight excluding hydrogens is 340 g/mol. The van der Waals surface area contributed by atoms with Crippen LogP contribution in [-0.4, -0.2) is 41.6 Å². The number of rotatable bonds is 5. The number of nitrogens with one attached hydrogen (secondary N) is 1. The molecule has 1 aliphatic heterocycles. The van der Waals surface area contributed by atoms with Gasteiger partial charge in [-0.25, -0.2) is 0 Å². The van der Waals surface area contributed by atoms with E-state index in [0.717, 1.165) is 32.1 Å². The van der Waals surface area contributed by atoms with E-state index in [9.17, 15) is 9.59 Å². The Morgan fingerprint density at radius 3 is 2.26 bits per heavy atom. The van der Waals surface area contributed by atoms with Gasteiger partial charge in [0.1, 0.15) is 12.3 Å². The van der Waals surface area contributed by atoms with Crippen LogP contribution in [0.4, 0.5) is 0 Å². The van der Waals surface area contributed by atoms with Crippen molar-refractivity contribution in [2.45, 2.75) is 98.4 Å². The summed E-state index contributed by atoms with van der Waals surface area (Å²) in [5.74, 6) is 1.03. The van der Waals surface area contributed by atoms with Crippen molar-refractivity contribution in [2.75, 3.05) is 6.61 Å². The van der Waals surface area contributed by atoms with Gasteiger partial charge in [-0.05, 0) is 50.9 Å². The lowest BCUT2D eigenvalue weighted by molar-refractivity contribution is -0.185. The highest BCUT2D eigenvalue weighted by Crippen LogP contribution is 2.43. The standard InChI is InChI=1S/C22H40N2O3/c1-15-13-27-20(17(3)16(15)2)24(14-25)18(19(26)23-21(4,5)6)22(7)11-9-8-10-12-22/h14-18,20H,8-13H2,1-7H3,(H,23,26)/t15-,16-,17+,18-,20?/m1/s1. The van der Waals surface area contributed by atoms with E-state index in [4.69, 9.17) is 4.74 Å². The predicted octanol–water partition coefficient (Wildman–Crippen LogP) is 3.96. The summed E-state index contributed by atoms with van der Waals surface area (Å²) in [7, 11) is 0. The molecule has 1 aliphatic carbocycles. The summed E-state index contributed by atoms with van der Waals surface area (Å²) < 4.78 is 6.14. The SMILES string of the molecule is C[C@@H]1[C@H](C)COC(N(C=O)[C@H](C(=O)NC(C)(C)C)C2(C)CCCCC2)[C@H]1C. The molecule has 0 aromatic rings. The molecule has 5 nitrogen and oxygen atoms in total. The van der Waals surface area contributed by atoms with Gasteiger partial charge in [0, 0.05) is 11.5 Å². The van der Waals surface area contributed by atoms with E-state index in [2.05, 4.69) is 33.0 Å². The molecule has 1 heterocycles. The van der Waals surface area contributed by atoms with Crippen LogP contribution >= 0.6 is 0 Å². The first kappa shape index (κ1) is 22.2. The van der Waals surface area contributed by atoms with E-state index in [1.807, 2.05) is 20.8 Å². The molecule has 1 saturated heterocycles. The highest BCUT2D eigenvalue weighted by Gasteiger charge is 2.48. The quantitative estimate of drug-likeness (QED) is 0.734. The molecule has 2 aliphatic rings. The van der Waals surface area contributed by atoms with Crippen LogP contribution in [0.15, 0.2) is 0 Å². The second kappa shape index (κ2) is 8.50. The first-order valence-corrected chi connectivity index (χ1v) is 10.7. The molecule has 5 atom stereocenters. The normalized spacial score (nSPS) is 32.4. The van der Waals surface area contributed by atoms with Gasteiger partial charge in [-0.15, -0.1) is 0 Å². The fourth-order valence-electron chi connectivity index (χ4n) is 4.84. The van der Waals surface area contributed by atoms with Crippen molar-refractivity contribution in [1.29, 1.82) is 0 Å². The van der Waals surface area contributed by atoms with Crippen LogP contribution in [0.2, 0.25) is 0 Å². The maximum atomic E-state index is 13.4. The fourth-order valence-corrected chi connectivity index (χ4v) is 4.84. The minimum atomic E-state index is -0.498. The monoisotopic (exact) mass is 380 g/mol. The number of nitrogens with zero attached hydrogens (tertiary/aromatic N) is 1. The maximum absolute atomic E-state index is 13.4. The van der Waals surface area contributed by atoms with Gasteiger partial charge >= 0.3 is 0 Å². The zero-order valence-electron chi connectivity index (χ0n) is 18.4. The molecule has 1 unspecified atom stereocenters. The number of carbonyl (C=O) groups excluding carboxylic acids is 2. The Balaban J connectivity index is 2.37. The van der Waals surface area contributed by atoms with Crippen LogP contribution < -0.4 is 5.32 Å². The zero-order chi connectivity index (χ0) is 20.4. The predicted molar refractivity (Wildman–Crippen MR) is 108 cm³/mol. The van der Waals surface area contributed by atoms with Crippen LogP contribution in [-0.2, 0) is 14.3 Å². The van der Waals surface area contributed by atoms with Crippen molar-refractivity contribution >= 4 is 12.3 Å². The summed E-state index contributed by atoms with van der Waals surface area (Å²) in [4.78, 5) is 27.4. The van der Waals surface area contributed by atoms with Crippen LogP contribution in [0.5, 0.6) is 0 Å². The largest absolute Gasteiger partial charge is 0.358 e. The fraction of sp³-hybridized carbons (Fsp3) is 0.909. The Bertz CT molecular complexity index is 522. The van der Waals surface area contributed by atoms with Gasteiger partial charge in [0.25, 0.3) is 0 Å². The number of hydrogen-bond donors (Lipinski definition) is 1. The second-order valence-electron chi connectivity index (χ2n) is 10.3. The molecule has 2 rings (SSSR count). The van der Waals surface area contributed by atoms with E-state index in [1.54, 1.807) is 4.90 Å². The lowest BCUT2D eigenvalue weighted by atomic mass is 9.69. The van der Waals surface area contributed by atoms with Crippen LogP contribution in [0.25, 0.3) is 0 Å². The van der Waals surface area contributed by atoms with E-state index in [-0.39, 0.29) is 29.0 Å². The maximum Gasteiger partial charge on any atom is 0.243 e. The van der Waals surface area contributed by atoms with E-state index >= 15 is 0 Å². The molecule has 0 spiro atoms. The molecule has 1 N–H and O–H groups in total. The summed E-state index contributed by atoms with van der Waals surface area (Å²) in [6.45, 7) is 15.3. The molecule has 1 saturated carbocycles.